The van der Waals surface area contributed by atoms with Crippen molar-refractivity contribution in [2.45, 2.75) is 0 Å². The Bertz CT molecular complexity index is 4600. The summed E-state index contributed by atoms with van der Waals surface area (Å²) in [6, 6.07) is 73.9. The normalized spacial score (nSPS) is 12.2. The highest BCUT2D eigenvalue weighted by atomic mass is 32.1. The summed E-state index contributed by atoms with van der Waals surface area (Å²) in [5.74, 6) is 1.80. The first-order chi connectivity index (χ1) is 33.2. The Morgan fingerprint density at radius 1 is 0.388 bits per heavy atom. The molecule has 11 aromatic carbocycles. The van der Waals surface area contributed by atoms with Crippen molar-refractivity contribution in [2.75, 3.05) is 0 Å². The smallest absolute Gasteiger partial charge is 0.167 e. The number of benzene rings is 11. The van der Waals surface area contributed by atoms with Crippen molar-refractivity contribution in [3.05, 3.63) is 206 Å². The van der Waals surface area contributed by atoms with Crippen LogP contribution in [0.3, 0.4) is 0 Å². The Balaban J connectivity index is 0.972. The lowest BCUT2D eigenvalue weighted by Gasteiger charge is -2.12. The minimum atomic E-state index is 0.560. The van der Waals surface area contributed by atoms with E-state index in [-0.39, 0.29) is 0 Å². The van der Waals surface area contributed by atoms with E-state index < -0.39 is 0 Å². The highest BCUT2D eigenvalue weighted by Gasteiger charge is 2.22. The van der Waals surface area contributed by atoms with Crippen LogP contribution >= 0.6 is 11.3 Å². The Morgan fingerprint density at radius 3 is 1.88 bits per heavy atom. The quantitative estimate of drug-likeness (QED) is 0.177. The van der Waals surface area contributed by atoms with Crippen LogP contribution in [0.15, 0.2) is 211 Å². The average molecular weight is 871 g/mol. The third-order valence-corrected chi connectivity index (χ3v) is 15.0. The Kier molecular flexibility index (Phi) is 7.59. The fourth-order valence-corrected chi connectivity index (χ4v) is 11.9. The molecular formula is C61H34N4OS. The molecule has 0 unspecified atom stereocenters. The van der Waals surface area contributed by atoms with Gasteiger partial charge in [0.05, 0.1) is 16.6 Å². The molecule has 0 saturated heterocycles. The Labute approximate surface area is 386 Å². The summed E-state index contributed by atoms with van der Waals surface area (Å²) in [6.07, 6.45) is 0. The summed E-state index contributed by atoms with van der Waals surface area (Å²) in [7, 11) is 0. The zero-order chi connectivity index (χ0) is 43.7. The van der Waals surface area contributed by atoms with Crippen LogP contribution in [0.2, 0.25) is 0 Å². The van der Waals surface area contributed by atoms with Gasteiger partial charge in [0.2, 0.25) is 0 Å². The molecular weight excluding hydrogens is 837 g/mol. The van der Waals surface area contributed by atoms with Crippen LogP contribution in [0.4, 0.5) is 0 Å². The van der Waals surface area contributed by atoms with Crippen molar-refractivity contribution < 1.29 is 4.42 Å². The predicted molar refractivity (Wildman–Crippen MR) is 281 cm³/mol. The lowest BCUT2D eigenvalue weighted by molar-refractivity contribution is 0.670. The molecule has 310 valence electrons. The first kappa shape index (κ1) is 36.6. The molecule has 0 aliphatic heterocycles. The van der Waals surface area contributed by atoms with Crippen LogP contribution in [0.1, 0.15) is 0 Å². The third-order valence-electron chi connectivity index (χ3n) is 13.8. The highest BCUT2D eigenvalue weighted by Crippen LogP contribution is 2.44. The van der Waals surface area contributed by atoms with Gasteiger partial charge in [0.15, 0.2) is 17.5 Å². The van der Waals surface area contributed by atoms with Crippen molar-refractivity contribution in [2.24, 2.45) is 0 Å². The molecule has 15 rings (SSSR count). The topological polar surface area (TPSA) is 56.7 Å². The van der Waals surface area contributed by atoms with Gasteiger partial charge in [-0.2, -0.15) is 0 Å². The molecule has 0 aliphatic carbocycles. The van der Waals surface area contributed by atoms with Crippen LogP contribution in [-0.2, 0) is 0 Å². The van der Waals surface area contributed by atoms with Crippen LogP contribution in [0, 0.1) is 0 Å². The van der Waals surface area contributed by atoms with Crippen molar-refractivity contribution in [3.8, 4) is 39.9 Å². The zero-order valence-electron chi connectivity index (χ0n) is 35.7. The maximum absolute atomic E-state index is 6.98. The maximum atomic E-state index is 6.98. The minimum absolute atomic E-state index is 0.560. The van der Waals surface area contributed by atoms with E-state index in [1.807, 2.05) is 0 Å². The fraction of sp³-hybridized carbons (Fsp3) is 0. The number of aromatic nitrogens is 4. The van der Waals surface area contributed by atoms with Gasteiger partial charge in [-0.15, -0.1) is 11.3 Å². The van der Waals surface area contributed by atoms with Crippen molar-refractivity contribution >= 4 is 118 Å². The number of rotatable bonds is 4. The molecule has 0 saturated carbocycles. The van der Waals surface area contributed by atoms with Gasteiger partial charge in [-0.1, -0.05) is 152 Å². The number of nitrogens with zero attached hydrogens (tertiary/aromatic N) is 4. The number of hydrogen-bond donors (Lipinski definition) is 0. The molecule has 5 nitrogen and oxygen atoms in total. The highest BCUT2D eigenvalue weighted by molar-refractivity contribution is 7.26. The minimum Gasteiger partial charge on any atom is -0.455 e. The Hall–Kier alpha value is -8.71. The average Bonchev–Trinajstić information content (AvgIpc) is 4.07. The molecule has 0 spiro atoms. The van der Waals surface area contributed by atoms with E-state index >= 15 is 0 Å². The molecule has 0 N–H and O–H groups in total. The van der Waals surface area contributed by atoms with E-state index in [0.29, 0.717) is 17.5 Å². The second kappa shape index (κ2) is 13.9. The molecule has 67 heavy (non-hydrogen) atoms. The van der Waals surface area contributed by atoms with Gasteiger partial charge in [0.25, 0.3) is 0 Å². The number of fused-ring (bicyclic) bond motifs is 15. The molecule has 4 aromatic heterocycles. The molecule has 0 atom stereocenters. The third kappa shape index (κ3) is 5.45. The molecule has 0 aliphatic rings. The summed E-state index contributed by atoms with van der Waals surface area (Å²) in [6.45, 7) is 0. The van der Waals surface area contributed by atoms with Gasteiger partial charge in [0, 0.05) is 63.9 Å². The van der Waals surface area contributed by atoms with Crippen LogP contribution in [0.5, 0.6) is 0 Å². The summed E-state index contributed by atoms with van der Waals surface area (Å²) in [4.78, 5) is 15.9. The van der Waals surface area contributed by atoms with Gasteiger partial charge in [0.1, 0.15) is 11.2 Å². The molecule has 0 radical (unpaired) electrons. The molecule has 0 fully saturated rings. The zero-order valence-corrected chi connectivity index (χ0v) is 36.6. The molecule has 4 heterocycles. The van der Waals surface area contributed by atoms with E-state index in [0.717, 1.165) is 65.2 Å². The van der Waals surface area contributed by atoms with Gasteiger partial charge in [-0.3, -0.25) is 0 Å². The predicted octanol–water partition coefficient (Wildman–Crippen LogP) is 16.8. The van der Waals surface area contributed by atoms with E-state index in [2.05, 4.69) is 211 Å². The lowest BCUT2D eigenvalue weighted by atomic mass is 10.0. The second-order valence-corrected chi connectivity index (χ2v) is 18.6. The van der Waals surface area contributed by atoms with Crippen molar-refractivity contribution in [3.63, 3.8) is 0 Å². The van der Waals surface area contributed by atoms with Crippen molar-refractivity contribution in [1.82, 2.24) is 19.5 Å². The van der Waals surface area contributed by atoms with Gasteiger partial charge in [-0.25, -0.2) is 15.0 Å². The van der Waals surface area contributed by atoms with E-state index in [9.17, 15) is 0 Å². The second-order valence-electron chi connectivity index (χ2n) is 17.5. The molecule has 6 heteroatoms. The monoisotopic (exact) mass is 870 g/mol. The molecule has 0 amide bonds. The van der Waals surface area contributed by atoms with Crippen molar-refractivity contribution in [1.29, 1.82) is 0 Å². The van der Waals surface area contributed by atoms with Gasteiger partial charge in [-0.05, 0) is 92.3 Å². The summed E-state index contributed by atoms with van der Waals surface area (Å²) < 4.78 is 11.8. The van der Waals surface area contributed by atoms with Crippen LogP contribution in [0.25, 0.3) is 147 Å². The number of furan rings is 1. The number of thiophene rings is 1. The molecule has 15 aromatic rings. The first-order valence-corrected chi connectivity index (χ1v) is 23.4. The van der Waals surface area contributed by atoms with Crippen LogP contribution < -0.4 is 0 Å². The number of para-hydroxylation sites is 1. The largest absolute Gasteiger partial charge is 0.455 e. The summed E-state index contributed by atoms with van der Waals surface area (Å²) in [5.41, 5.74) is 7.74. The van der Waals surface area contributed by atoms with Crippen LogP contribution in [-0.4, -0.2) is 19.5 Å². The first-order valence-electron chi connectivity index (χ1n) is 22.6. The van der Waals surface area contributed by atoms with E-state index in [1.54, 1.807) is 11.3 Å². The van der Waals surface area contributed by atoms with Gasteiger partial charge < -0.3 is 8.98 Å². The number of hydrogen-bond acceptors (Lipinski definition) is 5. The molecule has 0 bridgehead atoms. The van der Waals surface area contributed by atoms with E-state index in [1.165, 1.54) is 64.2 Å². The van der Waals surface area contributed by atoms with E-state index in [4.69, 9.17) is 19.4 Å². The Morgan fingerprint density at radius 2 is 1.01 bits per heavy atom. The maximum Gasteiger partial charge on any atom is 0.167 e. The fourth-order valence-electron chi connectivity index (χ4n) is 10.6. The standard InChI is InChI=1S/C61H34N4OS/c1-2-13-38-31-41(24-23-35(38)11-1)59-62-60(64-61(63-59)49-21-9-18-46-44-17-7-8-22-54(44)67-58(46)49)48-20-10-19-47-55-50-34-42(28-25-37(50)27-30-53(55)66-57(47)48)65-52-33-40-15-4-3-14-39(40)32-51(52)45-29-26-36-12-5-6-16-43(36)56(45)65/h1-34H. The summed E-state index contributed by atoms with van der Waals surface area (Å²) >= 11 is 1.78. The summed E-state index contributed by atoms with van der Waals surface area (Å²) in [5, 5.41) is 16.4. The lowest BCUT2D eigenvalue weighted by Crippen LogP contribution is -2.00. The van der Waals surface area contributed by atoms with Gasteiger partial charge >= 0.3 is 0 Å². The SMILES string of the molecule is c1ccc2cc(-c3nc(-c4cccc5c4oc4ccc6ccc(-n7c8cc9ccccc9cc8c8ccc9ccccc9c87)cc6c45)nc(-c4cccc5c4sc4ccccc45)n3)ccc2c1.